The van der Waals surface area contributed by atoms with E-state index in [9.17, 15) is 0 Å². The summed E-state index contributed by atoms with van der Waals surface area (Å²) >= 11 is 0. The number of nitrogens with zero attached hydrogens (tertiary/aromatic N) is 3. The minimum Gasteiger partial charge on any atom is -0.360 e. The first-order valence-corrected chi connectivity index (χ1v) is 7.43. The minimum absolute atomic E-state index is 0.347. The lowest BCUT2D eigenvalue weighted by molar-refractivity contribution is 0.269. The fourth-order valence-electron chi connectivity index (χ4n) is 3.02. The summed E-state index contributed by atoms with van der Waals surface area (Å²) in [4.78, 5) is 9.27. The molecule has 4 nitrogen and oxygen atoms in total. The zero-order valence-electron chi connectivity index (χ0n) is 12.4. The molecular weight excluding hydrogens is 260 g/mol. The molecule has 0 amide bonds. The summed E-state index contributed by atoms with van der Waals surface area (Å²) in [5.74, 6) is 0. The van der Waals surface area contributed by atoms with Gasteiger partial charge < -0.3 is 15.5 Å². The third-order valence-corrected chi connectivity index (χ3v) is 4.14. The number of anilines is 1. The number of hydrogen-bond donors (Lipinski definition) is 1. The van der Waals surface area contributed by atoms with E-state index < -0.39 is 0 Å². The molecule has 1 aromatic heterocycles. The maximum atomic E-state index is 5.87. The average molecular weight is 282 g/mol. The number of hydrogen-bond acceptors (Lipinski definition) is 4. The Kier molecular flexibility index (Phi) is 4.18. The van der Waals surface area contributed by atoms with Gasteiger partial charge in [-0.3, -0.25) is 4.98 Å². The van der Waals surface area contributed by atoms with Gasteiger partial charge in [-0.25, -0.2) is 0 Å². The van der Waals surface area contributed by atoms with E-state index in [4.69, 9.17) is 5.73 Å². The van der Waals surface area contributed by atoms with E-state index in [0.29, 0.717) is 12.6 Å². The van der Waals surface area contributed by atoms with Crippen LogP contribution in [0.3, 0.4) is 0 Å². The van der Waals surface area contributed by atoms with Crippen molar-refractivity contribution in [2.45, 2.75) is 12.6 Å². The maximum Gasteiger partial charge on any atom is 0.0772 e. The summed E-state index contributed by atoms with van der Waals surface area (Å²) < 4.78 is 0. The molecule has 1 atom stereocenters. The molecule has 1 aliphatic rings. The van der Waals surface area contributed by atoms with Crippen LogP contribution in [0, 0.1) is 0 Å². The molecule has 3 rings (SSSR count). The molecule has 1 aliphatic heterocycles. The van der Waals surface area contributed by atoms with E-state index in [1.54, 1.807) is 0 Å². The van der Waals surface area contributed by atoms with Gasteiger partial charge in [0.25, 0.3) is 0 Å². The van der Waals surface area contributed by atoms with Crippen molar-refractivity contribution in [1.29, 1.82) is 0 Å². The first-order chi connectivity index (χ1) is 10.3. The maximum absolute atomic E-state index is 5.87. The molecular formula is C17H22N4. The van der Waals surface area contributed by atoms with Crippen LogP contribution in [0.15, 0.2) is 48.7 Å². The van der Waals surface area contributed by atoms with Crippen LogP contribution in [-0.2, 0) is 6.54 Å². The van der Waals surface area contributed by atoms with E-state index in [1.807, 2.05) is 12.3 Å². The van der Waals surface area contributed by atoms with Gasteiger partial charge in [0.2, 0.25) is 0 Å². The first kappa shape index (κ1) is 14.0. The highest BCUT2D eigenvalue weighted by Gasteiger charge is 2.28. The Balaban J connectivity index is 1.98. The van der Waals surface area contributed by atoms with Crippen LogP contribution in [0.25, 0.3) is 0 Å². The zero-order valence-corrected chi connectivity index (χ0v) is 12.4. The van der Waals surface area contributed by atoms with Gasteiger partial charge in [0.15, 0.2) is 0 Å². The molecule has 0 aliphatic carbocycles. The van der Waals surface area contributed by atoms with Crippen LogP contribution in [0.1, 0.15) is 17.3 Å². The van der Waals surface area contributed by atoms with Crippen molar-refractivity contribution < 1.29 is 0 Å². The van der Waals surface area contributed by atoms with Gasteiger partial charge in [-0.05, 0) is 24.7 Å². The number of likely N-dealkylation sites (N-methyl/N-ethyl adjacent to an activating group) is 1. The van der Waals surface area contributed by atoms with E-state index in [-0.39, 0.29) is 0 Å². The summed E-state index contributed by atoms with van der Waals surface area (Å²) in [6, 6.07) is 15.2. The SMILES string of the molecule is CN1CCN(c2cccnc2CN)C(c2ccccc2)C1. The second kappa shape index (κ2) is 6.24. The molecule has 1 aromatic carbocycles. The molecule has 2 aromatic rings. The number of rotatable bonds is 3. The van der Waals surface area contributed by atoms with Gasteiger partial charge in [0.05, 0.1) is 17.4 Å². The van der Waals surface area contributed by atoms with Crippen molar-refractivity contribution >= 4 is 5.69 Å². The Labute approximate surface area is 126 Å². The quantitative estimate of drug-likeness (QED) is 0.935. The van der Waals surface area contributed by atoms with Crippen molar-refractivity contribution in [3.63, 3.8) is 0 Å². The molecule has 110 valence electrons. The third kappa shape index (κ3) is 2.91. The smallest absolute Gasteiger partial charge is 0.0772 e. The van der Waals surface area contributed by atoms with Gasteiger partial charge >= 0.3 is 0 Å². The molecule has 0 saturated carbocycles. The van der Waals surface area contributed by atoms with Crippen LogP contribution in [0.5, 0.6) is 0 Å². The monoisotopic (exact) mass is 282 g/mol. The second-order valence-corrected chi connectivity index (χ2v) is 5.56. The van der Waals surface area contributed by atoms with Crippen molar-refractivity contribution in [2.24, 2.45) is 5.73 Å². The Morgan fingerprint density at radius 1 is 1.14 bits per heavy atom. The van der Waals surface area contributed by atoms with Crippen molar-refractivity contribution in [2.75, 3.05) is 31.6 Å². The van der Waals surface area contributed by atoms with E-state index in [2.05, 4.69) is 58.2 Å². The number of pyridine rings is 1. The van der Waals surface area contributed by atoms with Crippen LogP contribution in [0.4, 0.5) is 5.69 Å². The lowest BCUT2D eigenvalue weighted by Gasteiger charge is -2.42. The minimum atomic E-state index is 0.347. The predicted octanol–water partition coefficient (Wildman–Crippen LogP) is 2.03. The fraction of sp³-hybridized carbons (Fsp3) is 0.353. The molecule has 2 heterocycles. The van der Waals surface area contributed by atoms with Gasteiger partial charge in [0.1, 0.15) is 0 Å². The Morgan fingerprint density at radius 3 is 2.71 bits per heavy atom. The standard InChI is InChI=1S/C17H22N4/c1-20-10-11-21(16-8-5-9-19-15(16)12-18)17(13-20)14-6-3-2-4-7-14/h2-9,17H,10-13,18H2,1H3. The molecule has 1 unspecified atom stereocenters. The van der Waals surface area contributed by atoms with E-state index in [0.717, 1.165) is 25.3 Å². The molecule has 0 spiro atoms. The van der Waals surface area contributed by atoms with Gasteiger partial charge in [-0.1, -0.05) is 30.3 Å². The summed E-state index contributed by atoms with van der Waals surface area (Å²) in [6.45, 7) is 3.55. The van der Waals surface area contributed by atoms with Crippen molar-refractivity contribution in [3.8, 4) is 0 Å². The lowest BCUT2D eigenvalue weighted by atomic mass is 10.0. The highest BCUT2D eigenvalue weighted by atomic mass is 15.3. The summed E-state index contributed by atoms with van der Waals surface area (Å²) in [6.07, 6.45) is 1.82. The molecule has 0 bridgehead atoms. The molecule has 4 heteroatoms. The van der Waals surface area contributed by atoms with Gasteiger partial charge in [-0.2, -0.15) is 0 Å². The number of benzene rings is 1. The third-order valence-electron chi connectivity index (χ3n) is 4.14. The number of nitrogens with two attached hydrogens (primary N) is 1. The summed E-state index contributed by atoms with van der Waals surface area (Å²) in [5.41, 5.74) is 9.36. The Morgan fingerprint density at radius 2 is 1.95 bits per heavy atom. The van der Waals surface area contributed by atoms with Crippen molar-refractivity contribution in [3.05, 3.63) is 59.9 Å². The molecule has 21 heavy (non-hydrogen) atoms. The predicted molar refractivity (Wildman–Crippen MR) is 86.2 cm³/mol. The lowest BCUT2D eigenvalue weighted by Crippen LogP contribution is -2.47. The summed E-state index contributed by atoms with van der Waals surface area (Å²) in [7, 11) is 2.18. The van der Waals surface area contributed by atoms with Gasteiger partial charge in [0, 0.05) is 32.4 Å². The highest BCUT2D eigenvalue weighted by Crippen LogP contribution is 2.31. The molecule has 1 fully saturated rings. The summed E-state index contributed by atoms with van der Waals surface area (Å²) in [5, 5.41) is 0. The molecule has 0 radical (unpaired) electrons. The topological polar surface area (TPSA) is 45.4 Å². The molecule has 2 N–H and O–H groups in total. The van der Waals surface area contributed by atoms with Crippen LogP contribution < -0.4 is 10.6 Å². The Bertz CT molecular complexity index is 584. The fourth-order valence-corrected chi connectivity index (χ4v) is 3.02. The normalized spacial score (nSPS) is 19.7. The van der Waals surface area contributed by atoms with Crippen LogP contribution in [-0.4, -0.2) is 36.6 Å². The van der Waals surface area contributed by atoms with Crippen LogP contribution in [0.2, 0.25) is 0 Å². The van der Waals surface area contributed by atoms with Crippen LogP contribution >= 0.6 is 0 Å². The van der Waals surface area contributed by atoms with Gasteiger partial charge in [-0.15, -0.1) is 0 Å². The van der Waals surface area contributed by atoms with E-state index >= 15 is 0 Å². The second-order valence-electron chi connectivity index (χ2n) is 5.56. The van der Waals surface area contributed by atoms with E-state index in [1.165, 1.54) is 11.3 Å². The van der Waals surface area contributed by atoms with Crippen molar-refractivity contribution in [1.82, 2.24) is 9.88 Å². The largest absolute Gasteiger partial charge is 0.360 e. The Hall–Kier alpha value is -1.91. The average Bonchev–Trinajstić information content (AvgIpc) is 2.55. The highest BCUT2D eigenvalue weighted by molar-refractivity contribution is 5.53. The molecule has 1 saturated heterocycles. The number of aromatic nitrogens is 1. The zero-order chi connectivity index (χ0) is 14.7. The number of piperazine rings is 1. The first-order valence-electron chi connectivity index (χ1n) is 7.43.